The van der Waals surface area contributed by atoms with Gasteiger partial charge >= 0.3 is 6.03 Å². The summed E-state index contributed by atoms with van der Waals surface area (Å²) in [5, 5.41) is 2.04. The minimum atomic E-state index is -0.0645. The van der Waals surface area contributed by atoms with Gasteiger partial charge in [0.15, 0.2) is 0 Å². The molecule has 0 aliphatic heterocycles. The fraction of sp³-hybridized carbons (Fsp3) is 0.273. The van der Waals surface area contributed by atoms with Crippen molar-refractivity contribution in [2.45, 2.75) is 13.5 Å². The Labute approximate surface area is 98.1 Å². The Morgan fingerprint density at radius 2 is 2.44 bits per heavy atom. The van der Waals surface area contributed by atoms with E-state index in [0.717, 1.165) is 0 Å². The highest BCUT2D eigenvalue weighted by Gasteiger charge is 2.12. The van der Waals surface area contributed by atoms with Crippen LogP contribution in [0.5, 0.6) is 0 Å². The molecular formula is C11H13N3OS. The van der Waals surface area contributed by atoms with Crippen molar-refractivity contribution in [3.8, 4) is 0 Å². The Hall–Kier alpha value is -1.62. The molecule has 0 saturated heterocycles. The predicted octanol–water partition coefficient (Wildman–Crippen LogP) is 2.35. The van der Waals surface area contributed by atoms with E-state index in [1.165, 1.54) is 21.3 Å². The zero-order valence-electron chi connectivity index (χ0n) is 9.25. The maximum absolute atomic E-state index is 11.9. The minimum Gasteiger partial charge on any atom is -0.322 e. The molecule has 0 aliphatic rings. The van der Waals surface area contributed by atoms with Gasteiger partial charge in [0, 0.05) is 24.3 Å². The van der Waals surface area contributed by atoms with Crippen LogP contribution in [0.1, 0.15) is 10.4 Å². The van der Waals surface area contributed by atoms with Crippen LogP contribution in [-0.2, 0) is 6.54 Å². The molecule has 0 saturated carbocycles. The number of amides is 1. The van der Waals surface area contributed by atoms with Crippen LogP contribution in [0, 0.1) is 6.92 Å². The third-order valence-corrected chi connectivity index (χ3v) is 3.41. The quantitative estimate of drug-likeness (QED) is 0.801. The summed E-state index contributed by atoms with van der Waals surface area (Å²) in [5.41, 5.74) is 1.23. The van der Waals surface area contributed by atoms with E-state index >= 15 is 0 Å². The lowest BCUT2D eigenvalue weighted by Gasteiger charge is -2.16. The van der Waals surface area contributed by atoms with Gasteiger partial charge in [0.2, 0.25) is 0 Å². The Morgan fingerprint density at radius 3 is 3.00 bits per heavy atom. The molecule has 2 heterocycles. The summed E-state index contributed by atoms with van der Waals surface area (Å²) in [6.45, 7) is 2.70. The number of thiophene rings is 1. The smallest absolute Gasteiger partial charge is 0.322 e. The van der Waals surface area contributed by atoms with Gasteiger partial charge in [-0.1, -0.05) is 0 Å². The number of carbonyl (C=O) groups excluding carboxylic acids is 1. The summed E-state index contributed by atoms with van der Waals surface area (Å²) >= 11 is 1.67. The highest BCUT2D eigenvalue weighted by Crippen LogP contribution is 2.17. The second kappa shape index (κ2) is 4.49. The van der Waals surface area contributed by atoms with Crippen molar-refractivity contribution in [2.75, 3.05) is 7.05 Å². The highest BCUT2D eigenvalue weighted by molar-refractivity contribution is 7.10. The molecule has 0 N–H and O–H groups in total. The summed E-state index contributed by atoms with van der Waals surface area (Å²) in [5.74, 6) is 0. The second-order valence-corrected chi connectivity index (χ2v) is 4.64. The molecule has 0 fully saturated rings. The SMILES string of the molecule is Cc1ccsc1CN(C)C(=O)n1ccnc1. The van der Waals surface area contributed by atoms with Crippen molar-refractivity contribution < 1.29 is 4.79 Å². The first-order chi connectivity index (χ1) is 7.68. The molecule has 0 aromatic carbocycles. The molecule has 1 amide bonds. The van der Waals surface area contributed by atoms with Crippen LogP contribution >= 0.6 is 11.3 Å². The van der Waals surface area contributed by atoms with Gasteiger partial charge in [-0.05, 0) is 23.9 Å². The molecule has 5 heteroatoms. The third-order valence-electron chi connectivity index (χ3n) is 2.40. The molecule has 0 atom stereocenters. The van der Waals surface area contributed by atoms with Gasteiger partial charge in [0.25, 0.3) is 0 Å². The van der Waals surface area contributed by atoms with Crippen molar-refractivity contribution in [2.24, 2.45) is 0 Å². The largest absolute Gasteiger partial charge is 0.329 e. The summed E-state index contributed by atoms with van der Waals surface area (Å²) in [7, 11) is 1.79. The molecule has 0 radical (unpaired) electrons. The van der Waals surface area contributed by atoms with E-state index in [1.807, 2.05) is 5.38 Å². The number of rotatable bonds is 2. The number of aryl methyl sites for hydroxylation is 1. The summed E-state index contributed by atoms with van der Waals surface area (Å²) in [4.78, 5) is 18.7. The van der Waals surface area contributed by atoms with Gasteiger partial charge in [0.05, 0.1) is 6.54 Å². The fourth-order valence-corrected chi connectivity index (χ4v) is 2.38. The third kappa shape index (κ3) is 2.14. The molecule has 0 bridgehead atoms. The van der Waals surface area contributed by atoms with Crippen LogP contribution in [0.4, 0.5) is 4.79 Å². The zero-order valence-corrected chi connectivity index (χ0v) is 10.1. The van der Waals surface area contributed by atoms with Gasteiger partial charge < -0.3 is 4.90 Å². The van der Waals surface area contributed by atoms with Gasteiger partial charge in [-0.3, -0.25) is 4.57 Å². The van der Waals surface area contributed by atoms with Crippen LogP contribution in [-0.4, -0.2) is 27.5 Å². The van der Waals surface area contributed by atoms with E-state index in [1.54, 1.807) is 35.7 Å². The molecule has 84 valence electrons. The molecule has 4 nitrogen and oxygen atoms in total. The van der Waals surface area contributed by atoms with Gasteiger partial charge in [-0.15, -0.1) is 11.3 Å². The van der Waals surface area contributed by atoms with E-state index in [-0.39, 0.29) is 6.03 Å². The first kappa shape index (κ1) is 10.9. The topological polar surface area (TPSA) is 38.1 Å². The van der Waals surface area contributed by atoms with Crippen LogP contribution in [0.2, 0.25) is 0 Å². The average molecular weight is 235 g/mol. The lowest BCUT2D eigenvalue weighted by Crippen LogP contribution is -2.29. The Morgan fingerprint density at radius 1 is 1.62 bits per heavy atom. The van der Waals surface area contributed by atoms with E-state index in [2.05, 4.69) is 18.0 Å². The van der Waals surface area contributed by atoms with Crippen molar-refractivity contribution >= 4 is 17.4 Å². The number of hydrogen-bond acceptors (Lipinski definition) is 3. The maximum atomic E-state index is 11.9. The molecule has 2 aromatic heterocycles. The van der Waals surface area contributed by atoms with Crippen molar-refractivity contribution in [3.05, 3.63) is 40.6 Å². The molecule has 16 heavy (non-hydrogen) atoms. The molecule has 0 aliphatic carbocycles. The van der Waals surface area contributed by atoms with Crippen molar-refractivity contribution in [1.29, 1.82) is 0 Å². The molecule has 0 spiro atoms. The summed E-state index contributed by atoms with van der Waals surface area (Å²) in [6, 6.07) is 2.00. The standard InChI is InChI=1S/C11H13N3OS/c1-9-3-6-16-10(9)7-13(2)11(15)14-5-4-12-8-14/h3-6,8H,7H2,1-2H3. The number of nitrogens with zero attached hydrogens (tertiary/aromatic N) is 3. The number of hydrogen-bond donors (Lipinski definition) is 0. The molecular weight excluding hydrogens is 222 g/mol. The minimum absolute atomic E-state index is 0.0645. The zero-order chi connectivity index (χ0) is 11.5. The van der Waals surface area contributed by atoms with Crippen LogP contribution < -0.4 is 0 Å². The average Bonchev–Trinajstić information content (AvgIpc) is 2.89. The first-order valence-corrected chi connectivity index (χ1v) is 5.83. The van der Waals surface area contributed by atoms with E-state index in [9.17, 15) is 4.79 Å². The van der Waals surface area contributed by atoms with Crippen molar-refractivity contribution in [1.82, 2.24) is 14.5 Å². The Kier molecular flexibility index (Phi) is 3.05. The first-order valence-electron chi connectivity index (χ1n) is 4.95. The highest BCUT2D eigenvalue weighted by atomic mass is 32.1. The second-order valence-electron chi connectivity index (χ2n) is 3.64. The lowest BCUT2D eigenvalue weighted by molar-refractivity contribution is 0.209. The molecule has 0 unspecified atom stereocenters. The van der Waals surface area contributed by atoms with Crippen LogP contribution in [0.25, 0.3) is 0 Å². The predicted molar refractivity (Wildman–Crippen MR) is 63.5 cm³/mol. The van der Waals surface area contributed by atoms with E-state index < -0.39 is 0 Å². The van der Waals surface area contributed by atoms with Crippen molar-refractivity contribution in [3.63, 3.8) is 0 Å². The van der Waals surface area contributed by atoms with Crippen LogP contribution in [0.3, 0.4) is 0 Å². The van der Waals surface area contributed by atoms with Crippen LogP contribution in [0.15, 0.2) is 30.2 Å². The summed E-state index contributed by atoms with van der Waals surface area (Å²) < 4.78 is 1.48. The van der Waals surface area contributed by atoms with Gasteiger partial charge in [-0.25, -0.2) is 9.78 Å². The molecule has 2 rings (SSSR count). The van der Waals surface area contributed by atoms with Gasteiger partial charge in [0.1, 0.15) is 6.33 Å². The Bertz CT molecular complexity index is 475. The Balaban J connectivity index is 2.07. The molecule has 2 aromatic rings. The number of aromatic nitrogens is 2. The normalized spacial score (nSPS) is 10.4. The lowest BCUT2D eigenvalue weighted by atomic mass is 10.3. The van der Waals surface area contributed by atoms with E-state index in [4.69, 9.17) is 0 Å². The van der Waals surface area contributed by atoms with E-state index in [0.29, 0.717) is 6.54 Å². The summed E-state index contributed by atoms with van der Waals surface area (Å²) in [6.07, 6.45) is 4.77. The number of carbonyl (C=O) groups is 1. The van der Waals surface area contributed by atoms with Gasteiger partial charge in [-0.2, -0.15) is 0 Å². The number of imidazole rings is 1. The maximum Gasteiger partial charge on any atom is 0.329 e. The fourth-order valence-electron chi connectivity index (χ4n) is 1.42. The monoisotopic (exact) mass is 235 g/mol.